The molecule has 2 heteroatoms. The molecular weight excluding hydrogens is 263 g/mol. The summed E-state index contributed by atoms with van der Waals surface area (Å²) in [5, 5.41) is 0. The Kier molecular flexibility index (Phi) is 5.55. The molecule has 0 spiro atoms. The first-order valence-electron chi connectivity index (χ1n) is 6.52. The first kappa shape index (κ1) is 15.9. The molecule has 0 amide bonds. The molecule has 0 heterocycles. The molecule has 0 atom stereocenters. The Morgan fingerprint density at radius 2 is 1.39 bits per heavy atom. The van der Waals surface area contributed by atoms with Gasteiger partial charge in [0.1, 0.15) is 0 Å². The van der Waals surface area contributed by atoms with Gasteiger partial charge in [0.15, 0.2) is 0 Å². The zero-order chi connectivity index (χ0) is 13.8. The fourth-order valence-corrected chi connectivity index (χ4v) is 2.85. The third-order valence-corrected chi connectivity index (χ3v) is 4.55. The van der Waals surface area contributed by atoms with Crippen LogP contribution in [0.3, 0.4) is 0 Å². The maximum Gasteiger partial charge on any atom is 0.0332 e. The van der Waals surface area contributed by atoms with Crippen molar-refractivity contribution >= 4 is 23.2 Å². The molecule has 0 saturated carbocycles. The van der Waals surface area contributed by atoms with Crippen LogP contribution in [0, 0.1) is 12.3 Å². The van der Waals surface area contributed by atoms with E-state index in [0.717, 1.165) is 12.8 Å². The van der Waals surface area contributed by atoms with Gasteiger partial charge in [-0.2, -0.15) is 0 Å². The van der Waals surface area contributed by atoms with Crippen molar-refractivity contribution < 1.29 is 0 Å². The van der Waals surface area contributed by atoms with E-state index in [1.807, 2.05) is 0 Å². The maximum atomic E-state index is 6.24. The van der Waals surface area contributed by atoms with Gasteiger partial charge >= 0.3 is 0 Å². The molecule has 0 saturated heterocycles. The van der Waals surface area contributed by atoms with Gasteiger partial charge < -0.3 is 0 Å². The molecule has 0 aliphatic rings. The van der Waals surface area contributed by atoms with Crippen LogP contribution in [0.25, 0.3) is 0 Å². The van der Waals surface area contributed by atoms with Crippen LogP contribution in [0.4, 0.5) is 0 Å². The zero-order valence-corrected chi connectivity index (χ0v) is 13.4. The van der Waals surface area contributed by atoms with Crippen LogP contribution in [0.15, 0.2) is 24.3 Å². The molecule has 0 bridgehead atoms. The van der Waals surface area contributed by atoms with Crippen LogP contribution < -0.4 is 0 Å². The van der Waals surface area contributed by atoms with Gasteiger partial charge in [-0.3, -0.25) is 0 Å². The molecule has 0 nitrogen and oxygen atoms in total. The number of hydrogen-bond donors (Lipinski definition) is 0. The summed E-state index contributed by atoms with van der Waals surface area (Å²) in [5.41, 5.74) is 2.76. The van der Waals surface area contributed by atoms with Crippen molar-refractivity contribution in [1.82, 2.24) is 0 Å². The highest BCUT2D eigenvalue weighted by Gasteiger charge is 2.31. The van der Waals surface area contributed by atoms with E-state index in [1.165, 1.54) is 11.1 Å². The fraction of sp³-hybridized carbons (Fsp3) is 0.625. The second kappa shape index (κ2) is 6.30. The minimum Gasteiger partial charge on any atom is -0.126 e. The lowest BCUT2D eigenvalue weighted by Crippen LogP contribution is -2.32. The number of hydrogen-bond acceptors (Lipinski definition) is 0. The standard InChI is InChI=1S/C16H24Cl2/c1-13-5-7-14(8-6-13)16(11-17,12-18)10-9-15(2,3)4/h5-8H,9-12H2,1-4H3. The van der Waals surface area contributed by atoms with Gasteiger partial charge in [0.2, 0.25) is 0 Å². The number of halogens is 2. The third kappa shape index (κ3) is 4.17. The quantitative estimate of drug-likeness (QED) is 0.624. The highest BCUT2D eigenvalue weighted by Crippen LogP contribution is 2.36. The average molecular weight is 287 g/mol. The Morgan fingerprint density at radius 1 is 0.889 bits per heavy atom. The summed E-state index contributed by atoms with van der Waals surface area (Å²) < 4.78 is 0. The van der Waals surface area contributed by atoms with Gasteiger partial charge in [-0.25, -0.2) is 0 Å². The largest absolute Gasteiger partial charge is 0.126 e. The average Bonchev–Trinajstić information content (AvgIpc) is 2.32. The van der Waals surface area contributed by atoms with Gasteiger partial charge in [-0.05, 0) is 30.7 Å². The number of aryl methyl sites for hydroxylation is 1. The van der Waals surface area contributed by atoms with Crippen molar-refractivity contribution in [2.24, 2.45) is 5.41 Å². The van der Waals surface area contributed by atoms with Crippen molar-refractivity contribution in [3.63, 3.8) is 0 Å². The van der Waals surface area contributed by atoms with Gasteiger partial charge in [0.25, 0.3) is 0 Å². The lowest BCUT2D eigenvalue weighted by atomic mass is 9.75. The van der Waals surface area contributed by atoms with E-state index in [9.17, 15) is 0 Å². The first-order chi connectivity index (χ1) is 8.33. The third-order valence-electron chi connectivity index (χ3n) is 3.53. The second-order valence-electron chi connectivity index (χ2n) is 6.47. The molecule has 0 aromatic heterocycles. The number of benzene rings is 1. The van der Waals surface area contributed by atoms with E-state index in [0.29, 0.717) is 17.2 Å². The van der Waals surface area contributed by atoms with E-state index in [1.54, 1.807) is 0 Å². The molecule has 1 rings (SSSR count). The van der Waals surface area contributed by atoms with E-state index >= 15 is 0 Å². The molecule has 0 aliphatic carbocycles. The van der Waals surface area contributed by atoms with Gasteiger partial charge in [0, 0.05) is 17.2 Å². The van der Waals surface area contributed by atoms with Crippen LogP contribution in [0.1, 0.15) is 44.7 Å². The predicted octanol–water partition coefficient (Wildman–Crippen LogP) is 5.54. The fourth-order valence-electron chi connectivity index (χ4n) is 1.99. The van der Waals surface area contributed by atoms with Crippen LogP contribution in [0.2, 0.25) is 0 Å². The van der Waals surface area contributed by atoms with Crippen molar-refractivity contribution in [2.45, 2.75) is 46.0 Å². The summed E-state index contributed by atoms with van der Waals surface area (Å²) in [4.78, 5) is 0. The van der Waals surface area contributed by atoms with Crippen molar-refractivity contribution in [3.05, 3.63) is 35.4 Å². The van der Waals surface area contributed by atoms with Gasteiger partial charge in [-0.15, -0.1) is 23.2 Å². The first-order valence-corrected chi connectivity index (χ1v) is 7.59. The summed E-state index contributed by atoms with van der Waals surface area (Å²) in [6, 6.07) is 8.62. The molecule has 102 valence electrons. The summed E-state index contributed by atoms with van der Waals surface area (Å²) >= 11 is 12.5. The summed E-state index contributed by atoms with van der Waals surface area (Å²) in [5.74, 6) is 1.16. The zero-order valence-electron chi connectivity index (χ0n) is 11.9. The molecule has 0 fully saturated rings. The Labute approximate surface area is 122 Å². The maximum absolute atomic E-state index is 6.24. The monoisotopic (exact) mass is 286 g/mol. The topological polar surface area (TPSA) is 0 Å². The minimum atomic E-state index is -0.0932. The Hall–Kier alpha value is -0.200. The normalized spacial score (nSPS) is 12.8. The lowest BCUT2D eigenvalue weighted by molar-refractivity contribution is 0.318. The Morgan fingerprint density at radius 3 is 1.78 bits per heavy atom. The van der Waals surface area contributed by atoms with Crippen LogP contribution >= 0.6 is 23.2 Å². The van der Waals surface area contributed by atoms with Crippen molar-refractivity contribution in [2.75, 3.05) is 11.8 Å². The van der Waals surface area contributed by atoms with Gasteiger partial charge in [-0.1, -0.05) is 50.6 Å². The van der Waals surface area contributed by atoms with E-state index in [4.69, 9.17) is 23.2 Å². The number of rotatable bonds is 5. The molecule has 1 aromatic carbocycles. The highest BCUT2D eigenvalue weighted by molar-refractivity contribution is 6.22. The molecule has 18 heavy (non-hydrogen) atoms. The summed E-state index contributed by atoms with van der Waals surface area (Å²) in [7, 11) is 0. The lowest BCUT2D eigenvalue weighted by Gasteiger charge is -2.33. The molecule has 0 aliphatic heterocycles. The Balaban J connectivity index is 2.95. The highest BCUT2D eigenvalue weighted by atomic mass is 35.5. The van der Waals surface area contributed by atoms with Crippen LogP contribution in [0.5, 0.6) is 0 Å². The Bertz CT molecular complexity index is 356. The molecule has 0 N–H and O–H groups in total. The molecule has 0 unspecified atom stereocenters. The molecular formula is C16H24Cl2. The van der Waals surface area contributed by atoms with Crippen LogP contribution in [-0.4, -0.2) is 11.8 Å². The minimum absolute atomic E-state index is 0.0932. The summed E-state index contributed by atoms with van der Waals surface area (Å²) in [6.07, 6.45) is 2.16. The predicted molar refractivity (Wildman–Crippen MR) is 83.0 cm³/mol. The van der Waals surface area contributed by atoms with E-state index in [-0.39, 0.29) is 5.41 Å². The molecule has 0 radical (unpaired) electrons. The van der Waals surface area contributed by atoms with E-state index in [2.05, 4.69) is 52.0 Å². The van der Waals surface area contributed by atoms with Crippen molar-refractivity contribution in [1.29, 1.82) is 0 Å². The van der Waals surface area contributed by atoms with Crippen LogP contribution in [-0.2, 0) is 5.41 Å². The van der Waals surface area contributed by atoms with E-state index < -0.39 is 0 Å². The SMILES string of the molecule is Cc1ccc(C(CCl)(CCl)CCC(C)(C)C)cc1. The van der Waals surface area contributed by atoms with Gasteiger partial charge in [0.05, 0.1) is 0 Å². The smallest absolute Gasteiger partial charge is 0.0332 e. The summed E-state index contributed by atoms with van der Waals surface area (Å²) in [6.45, 7) is 8.88. The number of alkyl halides is 2. The second-order valence-corrected chi connectivity index (χ2v) is 7.01. The van der Waals surface area contributed by atoms with Crippen molar-refractivity contribution in [3.8, 4) is 0 Å². The molecule has 1 aromatic rings.